The molecule has 0 radical (unpaired) electrons. The molecule has 1 aromatic heterocycles. The molecule has 1 amide bonds. The number of carbonyl (C=O) groups is 1. The van der Waals surface area contributed by atoms with Crippen molar-refractivity contribution < 1.29 is 14.6 Å². The number of methoxy groups -OCH3 is 1. The average Bonchev–Trinajstić information content (AvgIpc) is 3.43. The first-order chi connectivity index (χ1) is 20.1. The van der Waals surface area contributed by atoms with Crippen molar-refractivity contribution in [2.24, 2.45) is 0 Å². The van der Waals surface area contributed by atoms with Crippen LogP contribution in [0.4, 0.5) is 0 Å². The molecular weight excluding hydrogens is 532 g/mol. The van der Waals surface area contributed by atoms with Crippen molar-refractivity contribution >= 4 is 17.7 Å². The van der Waals surface area contributed by atoms with Crippen LogP contribution in [-0.2, 0) is 24.2 Å². The molecule has 0 fully saturated rings. The van der Waals surface area contributed by atoms with E-state index in [9.17, 15) is 9.90 Å². The van der Waals surface area contributed by atoms with Crippen LogP contribution in [0.25, 0.3) is 5.69 Å². The van der Waals surface area contributed by atoms with E-state index in [1.807, 2.05) is 89.5 Å². The lowest BCUT2D eigenvalue weighted by Crippen LogP contribution is -2.31. The van der Waals surface area contributed by atoms with Gasteiger partial charge in [-0.3, -0.25) is 9.36 Å². The molecule has 5 rings (SSSR count). The normalized spacial score (nSPS) is 11.6. The lowest BCUT2D eigenvalue weighted by atomic mass is 9.91. The monoisotopic (exact) mass is 564 g/mol. The van der Waals surface area contributed by atoms with Crippen molar-refractivity contribution in [1.82, 2.24) is 20.1 Å². The van der Waals surface area contributed by atoms with E-state index >= 15 is 0 Å². The number of aromatic hydroxyl groups is 1. The fraction of sp³-hybridized carbons (Fsp3) is 0.182. The highest BCUT2D eigenvalue weighted by atomic mass is 32.2. The van der Waals surface area contributed by atoms with Crippen LogP contribution in [0.15, 0.2) is 114 Å². The van der Waals surface area contributed by atoms with E-state index in [2.05, 4.69) is 27.6 Å². The number of nitrogens with zero attached hydrogens (tertiary/aromatic N) is 3. The van der Waals surface area contributed by atoms with Crippen LogP contribution >= 0.6 is 11.8 Å². The third-order valence-electron chi connectivity index (χ3n) is 6.79. The molecule has 0 bridgehead atoms. The molecule has 4 aromatic carbocycles. The molecule has 41 heavy (non-hydrogen) atoms. The Labute approximate surface area is 244 Å². The van der Waals surface area contributed by atoms with Crippen LogP contribution in [0.2, 0.25) is 0 Å². The second-order valence-corrected chi connectivity index (χ2v) is 10.6. The summed E-state index contributed by atoms with van der Waals surface area (Å²) in [4.78, 5) is 13.6. The Bertz CT molecular complexity index is 1560. The fourth-order valence-corrected chi connectivity index (χ4v) is 5.59. The lowest BCUT2D eigenvalue weighted by Gasteiger charge is -2.18. The number of hydrogen-bond donors (Lipinski definition) is 2. The summed E-state index contributed by atoms with van der Waals surface area (Å²) in [6, 6.07) is 34.8. The minimum absolute atomic E-state index is 0.109. The van der Waals surface area contributed by atoms with Crippen LogP contribution in [0.3, 0.4) is 0 Å². The van der Waals surface area contributed by atoms with Crippen LogP contribution in [0.1, 0.15) is 28.4 Å². The topological polar surface area (TPSA) is 89.3 Å². The molecule has 208 valence electrons. The van der Waals surface area contributed by atoms with Gasteiger partial charge in [-0.05, 0) is 53.8 Å². The van der Waals surface area contributed by atoms with Gasteiger partial charge in [0.05, 0.1) is 25.3 Å². The van der Waals surface area contributed by atoms with E-state index in [1.165, 1.54) is 5.56 Å². The zero-order valence-corrected chi connectivity index (χ0v) is 23.6. The number of amides is 1. The summed E-state index contributed by atoms with van der Waals surface area (Å²) in [5, 5.41) is 22.5. The summed E-state index contributed by atoms with van der Waals surface area (Å²) in [6.07, 6.45) is 1.40. The molecule has 2 N–H and O–H groups in total. The summed E-state index contributed by atoms with van der Waals surface area (Å²) < 4.78 is 7.45. The van der Waals surface area contributed by atoms with Crippen molar-refractivity contribution in [3.63, 3.8) is 0 Å². The molecule has 1 atom stereocenters. The number of carbonyl (C=O) groups excluding carboxylic acids is 1. The fourth-order valence-electron chi connectivity index (χ4n) is 4.63. The maximum absolute atomic E-state index is 13.6. The standard InChI is InChI=1S/C33H32N4O3S/c1-40-29-14-8-13-27(22-29)37-31(35-36-33(37)41-20-19-24-9-4-2-5-10-24)23-34-32(39)30(26-11-6-3-7-12-26)21-25-15-17-28(38)18-16-25/h2-18,22,30,38H,19-21,23H2,1H3,(H,34,39)/t30-/m1/s1. The first-order valence-corrected chi connectivity index (χ1v) is 14.5. The average molecular weight is 565 g/mol. The van der Waals surface area contributed by atoms with Gasteiger partial charge in [-0.1, -0.05) is 90.6 Å². The van der Waals surface area contributed by atoms with E-state index in [4.69, 9.17) is 4.74 Å². The predicted molar refractivity (Wildman–Crippen MR) is 162 cm³/mol. The highest BCUT2D eigenvalue weighted by Crippen LogP contribution is 2.26. The number of aryl methyl sites for hydroxylation is 1. The molecule has 8 heteroatoms. The van der Waals surface area contributed by atoms with Gasteiger partial charge in [-0.2, -0.15) is 0 Å². The van der Waals surface area contributed by atoms with Crippen molar-refractivity contribution in [3.8, 4) is 17.2 Å². The Morgan fingerprint density at radius 1 is 0.902 bits per heavy atom. The van der Waals surface area contributed by atoms with Gasteiger partial charge in [0, 0.05) is 11.8 Å². The molecule has 7 nitrogen and oxygen atoms in total. The van der Waals surface area contributed by atoms with E-state index in [0.717, 1.165) is 39.9 Å². The minimum atomic E-state index is -0.409. The Morgan fingerprint density at radius 3 is 2.37 bits per heavy atom. The summed E-state index contributed by atoms with van der Waals surface area (Å²) in [5.41, 5.74) is 4.01. The molecule has 0 aliphatic heterocycles. The largest absolute Gasteiger partial charge is 0.508 e. The van der Waals surface area contributed by atoms with Gasteiger partial charge >= 0.3 is 0 Å². The second-order valence-electron chi connectivity index (χ2n) is 9.57. The molecule has 0 spiro atoms. The van der Waals surface area contributed by atoms with Gasteiger partial charge in [-0.25, -0.2) is 0 Å². The number of nitrogens with one attached hydrogen (secondary N) is 1. The summed E-state index contributed by atoms with van der Waals surface area (Å²) in [6.45, 7) is 0.210. The Hall–Kier alpha value is -4.56. The number of thioether (sulfide) groups is 1. The van der Waals surface area contributed by atoms with Gasteiger partial charge in [0.15, 0.2) is 11.0 Å². The summed E-state index contributed by atoms with van der Waals surface area (Å²) in [7, 11) is 1.64. The Kier molecular flexibility index (Phi) is 9.34. The van der Waals surface area contributed by atoms with E-state index < -0.39 is 5.92 Å². The van der Waals surface area contributed by atoms with Gasteiger partial charge in [-0.15, -0.1) is 10.2 Å². The smallest absolute Gasteiger partial charge is 0.228 e. The molecule has 1 heterocycles. The number of aromatic nitrogens is 3. The molecule has 0 unspecified atom stereocenters. The van der Waals surface area contributed by atoms with Crippen molar-refractivity contribution in [2.45, 2.75) is 30.5 Å². The van der Waals surface area contributed by atoms with Crippen molar-refractivity contribution in [2.75, 3.05) is 12.9 Å². The Balaban J connectivity index is 1.36. The third kappa shape index (κ3) is 7.35. The van der Waals surface area contributed by atoms with Gasteiger partial charge < -0.3 is 15.2 Å². The number of hydrogen-bond acceptors (Lipinski definition) is 6. The maximum Gasteiger partial charge on any atom is 0.228 e. The molecular formula is C33H32N4O3S. The molecule has 0 aliphatic carbocycles. The minimum Gasteiger partial charge on any atom is -0.508 e. The first-order valence-electron chi connectivity index (χ1n) is 13.5. The van der Waals surface area contributed by atoms with E-state index in [-0.39, 0.29) is 18.2 Å². The molecule has 0 saturated carbocycles. The first kappa shape index (κ1) is 28.0. The third-order valence-corrected chi connectivity index (χ3v) is 7.72. The van der Waals surface area contributed by atoms with Gasteiger partial charge in [0.2, 0.25) is 5.91 Å². The summed E-state index contributed by atoms with van der Waals surface area (Å²) in [5.74, 6) is 1.87. The SMILES string of the molecule is COc1cccc(-n2c(CNC(=O)[C@H](Cc3ccc(O)cc3)c3ccccc3)nnc2SCCc2ccccc2)c1. The van der Waals surface area contributed by atoms with Gasteiger partial charge in [0.1, 0.15) is 11.5 Å². The lowest BCUT2D eigenvalue weighted by molar-refractivity contribution is -0.122. The molecule has 5 aromatic rings. The zero-order chi connectivity index (χ0) is 28.4. The van der Waals surface area contributed by atoms with Crippen LogP contribution in [0, 0.1) is 0 Å². The second kappa shape index (κ2) is 13.7. The highest BCUT2D eigenvalue weighted by Gasteiger charge is 2.23. The van der Waals surface area contributed by atoms with E-state index in [1.54, 1.807) is 31.0 Å². The predicted octanol–water partition coefficient (Wildman–Crippen LogP) is 5.96. The van der Waals surface area contributed by atoms with Crippen molar-refractivity contribution in [1.29, 1.82) is 0 Å². The quantitative estimate of drug-likeness (QED) is 0.182. The Morgan fingerprint density at radius 2 is 1.63 bits per heavy atom. The van der Waals surface area contributed by atoms with E-state index in [0.29, 0.717) is 12.2 Å². The highest BCUT2D eigenvalue weighted by molar-refractivity contribution is 7.99. The number of benzene rings is 4. The summed E-state index contributed by atoms with van der Waals surface area (Å²) >= 11 is 1.63. The maximum atomic E-state index is 13.6. The number of rotatable bonds is 12. The van der Waals surface area contributed by atoms with Crippen LogP contribution < -0.4 is 10.1 Å². The van der Waals surface area contributed by atoms with Crippen LogP contribution in [0.5, 0.6) is 11.5 Å². The van der Waals surface area contributed by atoms with Gasteiger partial charge in [0.25, 0.3) is 0 Å². The molecule has 0 saturated heterocycles. The number of phenolic OH excluding ortho intramolecular Hbond substituents is 1. The van der Waals surface area contributed by atoms with Crippen LogP contribution in [-0.4, -0.2) is 38.6 Å². The van der Waals surface area contributed by atoms with Crippen molar-refractivity contribution in [3.05, 3.63) is 132 Å². The number of phenols is 1. The molecule has 0 aliphatic rings. The number of ether oxygens (including phenoxy) is 1. The zero-order valence-electron chi connectivity index (χ0n) is 22.8.